The molecule has 0 aromatic heterocycles. The minimum absolute atomic E-state index is 0.0248. The first-order valence-electron chi connectivity index (χ1n) is 10.6. The van der Waals surface area contributed by atoms with Gasteiger partial charge in [-0.1, -0.05) is 40.7 Å². The van der Waals surface area contributed by atoms with Gasteiger partial charge in [0, 0.05) is 25.3 Å². The van der Waals surface area contributed by atoms with Gasteiger partial charge in [-0.15, -0.1) is 0 Å². The zero-order chi connectivity index (χ0) is 24.0. The van der Waals surface area contributed by atoms with E-state index in [9.17, 15) is 18.0 Å². The molecule has 0 bridgehead atoms. The first-order chi connectivity index (χ1) is 14.2. The number of hydrogen-bond donors (Lipinski definition) is 3. The van der Waals surface area contributed by atoms with Crippen LogP contribution >= 0.6 is 0 Å². The highest BCUT2D eigenvalue weighted by Crippen LogP contribution is 2.31. The number of rotatable bonds is 9. The highest BCUT2D eigenvalue weighted by Gasteiger charge is 2.42. The number of nitrogens with one attached hydrogen (secondary N) is 3. The van der Waals surface area contributed by atoms with Crippen LogP contribution in [0.4, 0.5) is 10.5 Å². The van der Waals surface area contributed by atoms with Crippen LogP contribution in [0.2, 0.25) is 0 Å². The van der Waals surface area contributed by atoms with Crippen molar-refractivity contribution in [3.8, 4) is 0 Å². The number of hydrogen-bond acceptors (Lipinski definition) is 4. The lowest BCUT2D eigenvalue weighted by Gasteiger charge is -2.38. The number of carbonyl (C=O) groups is 2. The molecule has 0 saturated heterocycles. The van der Waals surface area contributed by atoms with Crippen molar-refractivity contribution in [2.45, 2.75) is 71.9 Å². The summed E-state index contributed by atoms with van der Waals surface area (Å²) in [5.74, 6) is -0.0961. The Labute approximate surface area is 187 Å². The standard InChI is InChI=1S/C22H38N4O4S/c1-15(2)12-13-26(19(20(27)23-8)22(5,6)7)31(29,30)18-11-9-10-17(14-18)25-21(28)24-16(3)4/h9-11,14-16,19H,12-13H2,1-8H3,(H,23,27)(H2,24,25,28)/t19-/m0/s1. The summed E-state index contributed by atoms with van der Waals surface area (Å²) in [5.41, 5.74) is -0.271. The maximum atomic E-state index is 13.7. The third-order valence-electron chi connectivity index (χ3n) is 4.65. The summed E-state index contributed by atoms with van der Waals surface area (Å²) < 4.78 is 28.7. The minimum Gasteiger partial charge on any atom is -0.358 e. The van der Waals surface area contributed by atoms with Crippen molar-refractivity contribution in [2.75, 3.05) is 18.9 Å². The number of carbonyl (C=O) groups excluding carboxylic acids is 2. The van der Waals surface area contributed by atoms with Crippen molar-refractivity contribution in [2.24, 2.45) is 11.3 Å². The van der Waals surface area contributed by atoms with Crippen LogP contribution in [-0.4, -0.2) is 50.3 Å². The third-order valence-corrected chi connectivity index (χ3v) is 6.51. The van der Waals surface area contributed by atoms with Crippen LogP contribution in [0.15, 0.2) is 29.2 Å². The number of amides is 3. The quantitative estimate of drug-likeness (QED) is 0.531. The molecule has 8 nitrogen and oxygen atoms in total. The smallest absolute Gasteiger partial charge is 0.319 e. The highest BCUT2D eigenvalue weighted by atomic mass is 32.2. The summed E-state index contributed by atoms with van der Waals surface area (Å²) in [6.07, 6.45) is 0.609. The van der Waals surface area contributed by atoms with Crippen LogP contribution in [0.1, 0.15) is 54.9 Å². The molecule has 0 saturated carbocycles. The maximum Gasteiger partial charge on any atom is 0.319 e. The van der Waals surface area contributed by atoms with Crippen molar-refractivity contribution in [1.29, 1.82) is 0 Å². The van der Waals surface area contributed by atoms with Gasteiger partial charge in [0.05, 0.1) is 4.90 Å². The molecule has 176 valence electrons. The Morgan fingerprint density at radius 3 is 2.19 bits per heavy atom. The fourth-order valence-electron chi connectivity index (χ4n) is 3.17. The fraction of sp³-hybridized carbons (Fsp3) is 0.636. The number of anilines is 1. The van der Waals surface area contributed by atoms with E-state index < -0.39 is 27.5 Å². The Hall–Kier alpha value is -2.13. The van der Waals surface area contributed by atoms with E-state index in [2.05, 4.69) is 16.0 Å². The number of nitrogens with zero attached hydrogens (tertiary/aromatic N) is 1. The molecule has 0 aliphatic carbocycles. The van der Waals surface area contributed by atoms with Gasteiger partial charge in [-0.3, -0.25) is 4.79 Å². The molecular weight excluding hydrogens is 416 g/mol. The van der Waals surface area contributed by atoms with Gasteiger partial charge in [0.1, 0.15) is 6.04 Å². The number of likely N-dealkylation sites (N-methyl/N-ethyl adjacent to an activating group) is 1. The number of benzene rings is 1. The third kappa shape index (κ3) is 7.81. The monoisotopic (exact) mass is 454 g/mol. The molecule has 0 aliphatic heterocycles. The predicted octanol–water partition coefficient (Wildman–Crippen LogP) is 3.41. The van der Waals surface area contributed by atoms with Crippen molar-refractivity contribution in [1.82, 2.24) is 14.9 Å². The molecule has 0 spiro atoms. The minimum atomic E-state index is -4.01. The van der Waals surface area contributed by atoms with Gasteiger partial charge in [-0.05, 0) is 49.8 Å². The molecule has 9 heteroatoms. The second-order valence-electron chi connectivity index (χ2n) is 9.46. The highest BCUT2D eigenvalue weighted by molar-refractivity contribution is 7.89. The molecule has 1 atom stereocenters. The summed E-state index contributed by atoms with van der Waals surface area (Å²) >= 11 is 0. The number of urea groups is 1. The van der Waals surface area contributed by atoms with E-state index >= 15 is 0 Å². The molecule has 3 amide bonds. The lowest BCUT2D eigenvalue weighted by atomic mass is 9.86. The summed E-state index contributed by atoms with van der Waals surface area (Å²) in [7, 11) is -2.51. The van der Waals surface area contributed by atoms with Gasteiger partial charge >= 0.3 is 6.03 Å². The SMILES string of the molecule is CNC(=O)[C@H](N(CCC(C)C)S(=O)(=O)c1cccc(NC(=O)NC(C)C)c1)C(C)(C)C. The summed E-state index contributed by atoms with van der Waals surface area (Å²) in [6.45, 7) is 13.4. The van der Waals surface area contributed by atoms with Crippen molar-refractivity contribution < 1.29 is 18.0 Å². The van der Waals surface area contributed by atoms with Crippen LogP contribution in [0.3, 0.4) is 0 Å². The number of sulfonamides is 1. The van der Waals surface area contributed by atoms with E-state index in [0.29, 0.717) is 12.1 Å². The van der Waals surface area contributed by atoms with E-state index in [0.717, 1.165) is 0 Å². The molecule has 3 N–H and O–H groups in total. The van der Waals surface area contributed by atoms with Gasteiger partial charge in [0.25, 0.3) is 0 Å². The van der Waals surface area contributed by atoms with Crippen molar-refractivity contribution in [3.05, 3.63) is 24.3 Å². The lowest BCUT2D eigenvalue weighted by molar-refractivity contribution is -0.127. The Balaban J connectivity index is 3.42. The van der Waals surface area contributed by atoms with E-state index in [1.54, 1.807) is 12.1 Å². The van der Waals surface area contributed by atoms with Gasteiger partial charge in [0.15, 0.2) is 0 Å². The van der Waals surface area contributed by atoms with Crippen LogP contribution in [0.5, 0.6) is 0 Å². The molecule has 0 radical (unpaired) electrons. The van der Waals surface area contributed by atoms with Crippen LogP contribution in [-0.2, 0) is 14.8 Å². The second kappa shape index (κ2) is 10.9. The van der Waals surface area contributed by atoms with Crippen LogP contribution < -0.4 is 16.0 Å². The molecule has 1 rings (SSSR count). The molecular formula is C22H38N4O4S. The van der Waals surface area contributed by atoms with E-state index in [4.69, 9.17) is 0 Å². The summed E-state index contributed by atoms with van der Waals surface area (Å²) in [4.78, 5) is 24.8. The molecule has 0 aliphatic rings. The van der Waals surface area contributed by atoms with E-state index in [1.165, 1.54) is 23.5 Å². The fourth-order valence-corrected chi connectivity index (χ4v) is 5.00. The zero-order valence-electron chi connectivity index (χ0n) is 19.9. The van der Waals surface area contributed by atoms with E-state index in [1.807, 2.05) is 48.5 Å². The van der Waals surface area contributed by atoms with Crippen LogP contribution in [0, 0.1) is 11.3 Å². The lowest BCUT2D eigenvalue weighted by Crippen LogP contribution is -2.55. The van der Waals surface area contributed by atoms with Gasteiger partial charge in [0.2, 0.25) is 15.9 Å². The maximum absolute atomic E-state index is 13.7. The topological polar surface area (TPSA) is 108 Å². The summed E-state index contributed by atoms with van der Waals surface area (Å²) in [5, 5.41) is 7.97. The largest absolute Gasteiger partial charge is 0.358 e. The van der Waals surface area contributed by atoms with Crippen molar-refractivity contribution in [3.63, 3.8) is 0 Å². The average molecular weight is 455 g/mol. The molecule has 1 aromatic carbocycles. The predicted molar refractivity (Wildman–Crippen MR) is 124 cm³/mol. The normalized spacial score (nSPS) is 13.4. The summed E-state index contributed by atoms with van der Waals surface area (Å²) in [6, 6.07) is 4.73. The second-order valence-corrected chi connectivity index (χ2v) is 11.4. The molecule has 0 unspecified atom stereocenters. The first-order valence-corrected chi connectivity index (χ1v) is 12.0. The van der Waals surface area contributed by atoms with Gasteiger partial charge in [-0.2, -0.15) is 4.31 Å². The van der Waals surface area contributed by atoms with Gasteiger partial charge in [-0.25, -0.2) is 13.2 Å². The zero-order valence-corrected chi connectivity index (χ0v) is 20.8. The molecule has 31 heavy (non-hydrogen) atoms. The average Bonchev–Trinajstić information content (AvgIpc) is 2.62. The Morgan fingerprint density at radius 2 is 1.71 bits per heavy atom. The Kier molecular flexibility index (Phi) is 9.50. The van der Waals surface area contributed by atoms with Crippen molar-refractivity contribution >= 4 is 27.6 Å². The van der Waals surface area contributed by atoms with Crippen LogP contribution in [0.25, 0.3) is 0 Å². The Bertz CT molecular complexity index is 861. The molecule has 0 fully saturated rings. The molecule has 1 aromatic rings. The van der Waals surface area contributed by atoms with E-state index in [-0.39, 0.29) is 29.3 Å². The molecule has 0 heterocycles. The first kappa shape index (κ1) is 26.9. The van der Waals surface area contributed by atoms with Gasteiger partial charge < -0.3 is 16.0 Å². The Morgan fingerprint density at radius 1 is 1.10 bits per heavy atom.